The first kappa shape index (κ1) is 11.8. The molecule has 0 spiro atoms. The summed E-state index contributed by atoms with van der Waals surface area (Å²) < 4.78 is 2.19. The van der Waals surface area contributed by atoms with Crippen molar-refractivity contribution in [3.63, 3.8) is 0 Å². The highest BCUT2D eigenvalue weighted by atomic mass is 15.0. The number of aromatic nitrogens is 2. The second-order valence-corrected chi connectivity index (χ2v) is 5.83. The largest absolute Gasteiger partial charge is 0.299 e. The van der Waals surface area contributed by atoms with E-state index in [9.17, 15) is 0 Å². The number of hydrogen-bond acceptors (Lipinski definition) is 1. The molecule has 22 heavy (non-hydrogen) atoms. The molecule has 104 valence electrons. The molecule has 0 amide bonds. The molecule has 2 heteroatoms. The Balaban J connectivity index is 2.23. The van der Waals surface area contributed by atoms with Crippen LogP contribution in [0, 0.1) is 6.92 Å². The van der Waals surface area contributed by atoms with Crippen LogP contribution in [0.15, 0.2) is 66.9 Å². The SMILES string of the molecule is Cc1ccc2c(c1)c1ccccc1c1nc3ccccn3c21. The molecule has 2 heterocycles. The van der Waals surface area contributed by atoms with Gasteiger partial charge in [0.15, 0.2) is 0 Å². The minimum atomic E-state index is 0.996. The highest BCUT2D eigenvalue weighted by Gasteiger charge is 2.13. The molecule has 0 atom stereocenters. The van der Waals surface area contributed by atoms with Gasteiger partial charge in [-0.25, -0.2) is 4.98 Å². The van der Waals surface area contributed by atoms with Gasteiger partial charge in [-0.15, -0.1) is 0 Å². The number of aryl methyl sites for hydroxylation is 1. The zero-order valence-electron chi connectivity index (χ0n) is 12.2. The monoisotopic (exact) mass is 282 g/mol. The molecular weight excluding hydrogens is 268 g/mol. The van der Waals surface area contributed by atoms with Gasteiger partial charge >= 0.3 is 0 Å². The van der Waals surface area contributed by atoms with E-state index in [1.165, 1.54) is 32.6 Å². The second-order valence-electron chi connectivity index (χ2n) is 5.83. The molecule has 0 fully saturated rings. The van der Waals surface area contributed by atoms with Gasteiger partial charge in [0.2, 0.25) is 0 Å². The van der Waals surface area contributed by atoms with Crippen LogP contribution in [-0.2, 0) is 0 Å². The lowest BCUT2D eigenvalue weighted by Crippen LogP contribution is -1.86. The highest BCUT2D eigenvalue weighted by molar-refractivity contribution is 6.24. The van der Waals surface area contributed by atoms with E-state index in [0.29, 0.717) is 0 Å². The summed E-state index contributed by atoms with van der Waals surface area (Å²) in [6.07, 6.45) is 2.10. The summed E-state index contributed by atoms with van der Waals surface area (Å²) in [7, 11) is 0. The maximum absolute atomic E-state index is 4.88. The average molecular weight is 282 g/mol. The van der Waals surface area contributed by atoms with Gasteiger partial charge in [0.05, 0.1) is 11.0 Å². The van der Waals surface area contributed by atoms with Gasteiger partial charge in [-0.3, -0.25) is 4.40 Å². The van der Waals surface area contributed by atoms with E-state index >= 15 is 0 Å². The Morgan fingerprint density at radius 1 is 0.773 bits per heavy atom. The van der Waals surface area contributed by atoms with Crippen LogP contribution in [-0.4, -0.2) is 9.38 Å². The molecule has 0 aliphatic heterocycles. The molecule has 0 saturated carbocycles. The number of rotatable bonds is 0. The maximum atomic E-state index is 4.88. The predicted octanol–water partition coefficient (Wildman–Crippen LogP) is 5.10. The van der Waals surface area contributed by atoms with Crippen LogP contribution in [0.3, 0.4) is 0 Å². The van der Waals surface area contributed by atoms with Crippen LogP contribution in [0.1, 0.15) is 5.56 Å². The third-order valence-corrected chi connectivity index (χ3v) is 4.43. The lowest BCUT2D eigenvalue weighted by Gasteiger charge is -2.08. The Labute approximate surface area is 127 Å². The number of nitrogens with zero attached hydrogens (tertiary/aromatic N) is 2. The first-order chi connectivity index (χ1) is 10.8. The molecule has 2 aromatic heterocycles. The average Bonchev–Trinajstić information content (AvgIpc) is 2.95. The molecule has 0 aliphatic rings. The topological polar surface area (TPSA) is 17.3 Å². The molecule has 3 aromatic carbocycles. The van der Waals surface area contributed by atoms with E-state index in [1.54, 1.807) is 0 Å². The van der Waals surface area contributed by atoms with Crippen LogP contribution < -0.4 is 0 Å². The molecule has 0 bridgehead atoms. The van der Waals surface area contributed by atoms with Crippen LogP contribution in [0.25, 0.3) is 38.2 Å². The normalized spacial score (nSPS) is 11.9. The fraction of sp³-hybridized carbons (Fsp3) is 0.0500. The van der Waals surface area contributed by atoms with Gasteiger partial charge in [0, 0.05) is 17.0 Å². The molecule has 0 saturated heterocycles. The number of pyridine rings is 1. The molecule has 2 nitrogen and oxygen atoms in total. The van der Waals surface area contributed by atoms with Crippen LogP contribution in [0.4, 0.5) is 0 Å². The van der Waals surface area contributed by atoms with Crippen molar-refractivity contribution in [3.8, 4) is 0 Å². The fourth-order valence-corrected chi connectivity index (χ4v) is 3.45. The Morgan fingerprint density at radius 2 is 1.59 bits per heavy atom. The van der Waals surface area contributed by atoms with Gasteiger partial charge in [0.1, 0.15) is 5.65 Å². The number of hydrogen-bond donors (Lipinski definition) is 0. The summed E-state index contributed by atoms with van der Waals surface area (Å²) in [6, 6.07) is 21.4. The highest BCUT2D eigenvalue weighted by Crippen LogP contribution is 2.35. The van der Waals surface area contributed by atoms with Crippen LogP contribution >= 0.6 is 0 Å². The predicted molar refractivity (Wildman–Crippen MR) is 92.4 cm³/mol. The Kier molecular flexibility index (Phi) is 2.18. The number of imidazole rings is 1. The maximum Gasteiger partial charge on any atom is 0.137 e. The van der Waals surface area contributed by atoms with Crippen molar-refractivity contribution >= 4 is 38.2 Å². The Bertz CT molecular complexity index is 1180. The fourth-order valence-electron chi connectivity index (χ4n) is 3.45. The molecule has 5 aromatic rings. The minimum Gasteiger partial charge on any atom is -0.299 e. The summed E-state index contributed by atoms with van der Waals surface area (Å²) in [5.41, 5.74) is 4.56. The van der Waals surface area contributed by atoms with Crippen molar-refractivity contribution in [2.45, 2.75) is 6.92 Å². The molecule has 0 unspecified atom stereocenters. The van der Waals surface area contributed by atoms with E-state index in [1.807, 2.05) is 6.07 Å². The zero-order valence-corrected chi connectivity index (χ0v) is 12.2. The first-order valence-electron chi connectivity index (χ1n) is 7.51. The standard InChI is InChI=1S/C20H14N2/c1-13-9-10-16-17(12-13)14-6-2-3-7-15(14)19-20(16)22-11-5-4-8-18(22)21-19/h2-12H,1H3. The summed E-state index contributed by atoms with van der Waals surface area (Å²) in [6.45, 7) is 2.15. The van der Waals surface area contributed by atoms with Gasteiger partial charge in [0.25, 0.3) is 0 Å². The molecule has 0 N–H and O–H groups in total. The van der Waals surface area contributed by atoms with E-state index in [4.69, 9.17) is 4.98 Å². The van der Waals surface area contributed by atoms with E-state index in [0.717, 1.165) is 11.2 Å². The van der Waals surface area contributed by atoms with Gasteiger partial charge in [-0.2, -0.15) is 0 Å². The first-order valence-corrected chi connectivity index (χ1v) is 7.51. The van der Waals surface area contributed by atoms with Crippen molar-refractivity contribution in [2.24, 2.45) is 0 Å². The number of fused-ring (bicyclic) bond motifs is 8. The molecule has 0 aliphatic carbocycles. The Morgan fingerprint density at radius 3 is 2.50 bits per heavy atom. The third kappa shape index (κ3) is 1.41. The minimum absolute atomic E-state index is 0.996. The van der Waals surface area contributed by atoms with E-state index in [-0.39, 0.29) is 0 Å². The second kappa shape index (κ2) is 4.08. The van der Waals surface area contributed by atoms with Gasteiger partial charge in [-0.05, 0) is 29.8 Å². The van der Waals surface area contributed by atoms with Crippen molar-refractivity contribution in [2.75, 3.05) is 0 Å². The summed E-state index contributed by atoms with van der Waals surface area (Å²) in [4.78, 5) is 4.88. The Hall–Kier alpha value is -2.87. The molecular formula is C20H14N2. The van der Waals surface area contributed by atoms with E-state index in [2.05, 4.69) is 72.1 Å². The zero-order chi connectivity index (χ0) is 14.7. The molecule has 5 rings (SSSR count). The lowest BCUT2D eigenvalue weighted by atomic mass is 9.98. The van der Waals surface area contributed by atoms with Gasteiger partial charge < -0.3 is 0 Å². The summed E-state index contributed by atoms with van der Waals surface area (Å²) in [5, 5.41) is 5.06. The van der Waals surface area contributed by atoms with Crippen molar-refractivity contribution in [1.82, 2.24) is 9.38 Å². The summed E-state index contributed by atoms with van der Waals surface area (Å²) in [5.74, 6) is 0. The van der Waals surface area contributed by atoms with Crippen molar-refractivity contribution in [1.29, 1.82) is 0 Å². The summed E-state index contributed by atoms with van der Waals surface area (Å²) >= 11 is 0. The lowest BCUT2D eigenvalue weighted by molar-refractivity contribution is 1.23. The van der Waals surface area contributed by atoms with E-state index < -0.39 is 0 Å². The smallest absolute Gasteiger partial charge is 0.137 e. The number of benzene rings is 3. The van der Waals surface area contributed by atoms with Crippen molar-refractivity contribution < 1.29 is 0 Å². The van der Waals surface area contributed by atoms with Crippen molar-refractivity contribution in [3.05, 3.63) is 72.4 Å². The van der Waals surface area contributed by atoms with Crippen LogP contribution in [0.2, 0.25) is 0 Å². The third-order valence-electron chi connectivity index (χ3n) is 4.43. The van der Waals surface area contributed by atoms with Crippen LogP contribution in [0.5, 0.6) is 0 Å². The molecule has 0 radical (unpaired) electrons. The quantitative estimate of drug-likeness (QED) is 0.361. The van der Waals surface area contributed by atoms with Gasteiger partial charge in [-0.1, -0.05) is 54.1 Å².